The van der Waals surface area contributed by atoms with Crippen molar-refractivity contribution in [1.82, 2.24) is 19.9 Å². The molecular formula is C16H23Cl2N7. The molecule has 2 heterocycles. The SMILES string of the molecule is Cc1nc2c(N)nc3ccccc3c2n1CCCCNC(=N)N.Cl.Cl. The van der Waals surface area contributed by atoms with Crippen molar-refractivity contribution < 1.29 is 0 Å². The summed E-state index contributed by atoms with van der Waals surface area (Å²) >= 11 is 0. The lowest BCUT2D eigenvalue weighted by Gasteiger charge is -2.09. The fourth-order valence-corrected chi connectivity index (χ4v) is 2.86. The molecule has 0 unspecified atom stereocenters. The predicted octanol–water partition coefficient (Wildman–Crippen LogP) is 2.58. The van der Waals surface area contributed by atoms with Crippen LogP contribution in [0.3, 0.4) is 0 Å². The number of nitrogens with two attached hydrogens (primary N) is 2. The van der Waals surface area contributed by atoms with Crippen molar-refractivity contribution in [2.24, 2.45) is 5.73 Å². The van der Waals surface area contributed by atoms with Gasteiger partial charge in [0.05, 0.1) is 11.0 Å². The van der Waals surface area contributed by atoms with Gasteiger partial charge in [-0.05, 0) is 25.8 Å². The zero-order valence-electron chi connectivity index (χ0n) is 14.0. The van der Waals surface area contributed by atoms with Crippen LogP contribution in [0.2, 0.25) is 0 Å². The van der Waals surface area contributed by atoms with Crippen LogP contribution in [0.1, 0.15) is 18.7 Å². The molecule has 136 valence electrons. The maximum Gasteiger partial charge on any atom is 0.185 e. The van der Waals surface area contributed by atoms with Crippen molar-refractivity contribution in [3.05, 3.63) is 30.1 Å². The molecule has 0 amide bonds. The van der Waals surface area contributed by atoms with Gasteiger partial charge in [0.25, 0.3) is 0 Å². The molecule has 0 aliphatic rings. The van der Waals surface area contributed by atoms with Crippen LogP contribution in [0, 0.1) is 12.3 Å². The van der Waals surface area contributed by atoms with Crippen molar-refractivity contribution >= 4 is 58.5 Å². The number of nitrogens with one attached hydrogen (secondary N) is 2. The summed E-state index contributed by atoms with van der Waals surface area (Å²) < 4.78 is 2.20. The first kappa shape index (κ1) is 20.8. The summed E-state index contributed by atoms with van der Waals surface area (Å²) in [6.07, 6.45) is 1.89. The molecule has 0 bridgehead atoms. The van der Waals surface area contributed by atoms with Crippen molar-refractivity contribution in [1.29, 1.82) is 5.41 Å². The van der Waals surface area contributed by atoms with Crippen LogP contribution in [0.15, 0.2) is 24.3 Å². The normalized spacial score (nSPS) is 10.3. The monoisotopic (exact) mass is 383 g/mol. The third-order valence-electron chi connectivity index (χ3n) is 3.93. The highest BCUT2D eigenvalue weighted by Crippen LogP contribution is 2.28. The highest BCUT2D eigenvalue weighted by Gasteiger charge is 2.14. The Labute approximate surface area is 158 Å². The van der Waals surface area contributed by atoms with E-state index in [0.717, 1.165) is 47.1 Å². The van der Waals surface area contributed by atoms with Crippen LogP contribution in [0.4, 0.5) is 5.82 Å². The lowest BCUT2D eigenvalue weighted by Crippen LogP contribution is -2.30. The zero-order chi connectivity index (χ0) is 16.4. The first-order valence-electron chi connectivity index (χ1n) is 7.67. The van der Waals surface area contributed by atoms with E-state index >= 15 is 0 Å². The average molecular weight is 384 g/mol. The molecule has 0 aliphatic carbocycles. The number of imidazole rings is 1. The van der Waals surface area contributed by atoms with Crippen molar-refractivity contribution in [2.75, 3.05) is 12.3 Å². The number of halogens is 2. The lowest BCUT2D eigenvalue weighted by molar-refractivity contribution is 0.602. The van der Waals surface area contributed by atoms with E-state index in [9.17, 15) is 0 Å². The van der Waals surface area contributed by atoms with Gasteiger partial charge in [-0.25, -0.2) is 9.97 Å². The van der Waals surface area contributed by atoms with Crippen molar-refractivity contribution in [2.45, 2.75) is 26.3 Å². The highest BCUT2D eigenvalue weighted by atomic mass is 35.5. The maximum absolute atomic E-state index is 7.16. The van der Waals surface area contributed by atoms with E-state index in [4.69, 9.17) is 16.9 Å². The second kappa shape index (κ2) is 8.73. The van der Waals surface area contributed by atoms with Gasteiger partial charge in [-0.15, -0.1) is 24.8 Å². The summed E-state index contributed by atoms with van der Waals surface area (Å²) in [6.45, 7) is 3.53. The second-order valence-electron chi connectivity index (χ2n) is 5.57. The molecule has 0 saturated heterocycles. The van der Waals surface area contributed by atoms with Gasteiger partial charge in [0.15, 0.2) is 11.8 Å². The number of pyridine rings is 1. The first-order chi connectivity index (χ1) is 11.1. The summed E-state index contributed by atoms with van der Waals surface area (Å²) in [5.74, 6) is 1.42. The quantitative estimate of drug-likeness (QED) is 0.306. The molecule has 1 aromatic carbocycles. The third-order valence-corrected chi connectivity index (χ3v) is 3.93. The first-order valence-corrected chi connectivity index (χ1v) is 7.67. The Kier molecular flexibility index (Phi) is 7.26. The fourth-order valence-electron chi connectivity index (χ4n) is 2.86. The molecule has 3 aromatic rings. The fraction of sp³-hybridized carbons (Fsp3) is 0.312. The summed E-state index contributed by atoms with van der Waals surface area (Å²) in [5.41, 5.74) is 14.1. The number of guanidine groups is 1. The Morgan fingerprint density at radius 1 is 1.20 bits per heavy atom. The van der Waals surface area contributed by atoms with Gasteiger partial charge in [0, 0.05) is 18.5 Å². The molecule has 0 fully saturated rings. The molecule has 0 radical (unpaired) electrons. The number of aromatic nitrogens is 3. The molecule has 0 saturated carbocycles. The molecule has 25 heavy (non-hydrogen) atoms. The largest absolute Gasteiger partial charge is 0.382 e. The Morgan fingerprint density at radius 2 is 1.92 bits per heavy atom. The van der Waals surface area contributed by atoms with E-state index in [-0.39, 0.29) is 30.8 Å². The molecule has 2 aromatic heterocycles. The summed E-state index contributed by atoms with van der Waals surface area (Å²) in [5, 5.41) is 11.0. The van der Waals surface area contributed by atoms with E-state index < -0.39 is 0 Å². The molecule has 0 aliphatic heterocycles. The van der Waals surface area contributed by atoms with E-state index in [2.05, 4.69) is 25.9 Å². The number of rotatable bonds is 5. The Balaban J connectivity index is 0.00000156. The molecule has 7 nitrogen and oxygen atoms in total. The number of hydrogen-bond acceptors (Lipinski definition) is 4. The van der Waals surface area contributed by atoms with E-state index in [1.54, 1.807) is 0 Å². The minimum atomic E-state index is 0. The smallest absolute Gasteiger partial charge is 0.185 e. The molecule has 0 atom stereocenters. The Hall–Kier alpha value is -2.25. The number of aryl methyl sites for hydroxylation is 2. The topological polar surface area (TPSA) is 119 Å². The number of unbranched alkanes of at least 4 members (excludes halogenated alkanes) is 1. The molecule has 9 heteroatoms. The summed E-state index contributed by atoms with van der Waals surface area (Å²) in [7, 11) is 0. The number of hydrogen-bond donors (Lipinski definition) is 4. The van der Waals surface area contributed by atoms with Crippen molar-refractivity contribution in [3.8, 4) is 0 Å². The summed E-state index contributed by atoms with van der Waals surface area (Å²) in [6, 6.07) is 7.98. The Bertz CT molecular complexity index is 876. The minimum Gasteiger partial charge on any atom is -0.382 e. The van der Waals surface area contributed by atoms with Crippen LogP contribution in [-0.4, -0.2) is 27.0 Å². The molecule has 3 rings (SSSR count). The third kappa shape index (κ3) is 4.24. The van der Waals surface area contributed by atoms with Crippen LogP contribution in [0.25, 0.3) is 21.9 Å². The lowest BCUT2D eigenvalue weighted by atomic mass is 10.2. The highest BCUT2D eigenvalue weighted by molar-refractivity contribution is 6.06. The number of nitrogen functional groups attached to an aromatic ring is 1. The van der Waals surface area contributed by atoms with Crippen LogP contribution in [-0.2, 0) is 6.54 Å². The average Bonchev–Trinajstić information content (AvgIpc) is 2.85. The molecular weight excluding hydrogens is 361 g/mol. The van der Waals surface area contributed by atoms with Crippen molar-refractivity contribution in [3.63, 3.8) is 0 Å². The van der Waals surface area contributed by atoms with E-state index in [0.29, 0.717) is 12.4 Å². The number of anilines is 1. The van der Waals surface area contributed by atoms with Crippen LogP contribution in [0.5, 0.6) is 0 Å². The van der Waals surface area contributed by atoms with Gasteiger partial charge in [0.2, 0.25) is 0 Å². The number of fused-ring (bicyclic) bond motifs is 3. The van der Waals surface area contributed by atoms with Gasteiger partial charge in [0.1, 0.15) is 11.3 Å². The number of para-hydroxylation sites is 1. The summed E-state index contributed by atoms with van der Waals surface area (Å²) in [4.78, 5) is 9.04. The Morgan fingerprint density at radius 3 is 2.64 bits per heavy atom. The molecule has 0 spiro atoms. The predicted molar refractivity (Wildman–Crippen MR) is 108 cm³/mol. The van der Waals surface area contributed by atoms with Crippen LogP contribution < -0.4 is 16.8 Å². The number of nitrogens with zero attached hydrogens (tertiary/aromatic N) is 3. The van der Waals surface area contributed by atoms with E-state index in [1.165, 1.54) is 0 Å². The molecule has 6 N–H and O–H groups in total. The van der Waals surface area contributed by atoms with Crippen LogP contribution >= 0.6 is 24.8 Å². The van der Waals surface area contributed by atoms with Gasteiger partial charge in [-0.3, -0.25) is 5.41 Å². The van der Waals surface area contributed by atoms with E-state index in [1.807, 2.05) is 25.1 Å². The maximum atomic E-state index is 7.16. The van der Waals surface area contributed by atoms with Gasteiger partial charge in [-0.2, -0.15) is 0 Å². The van der Waals surface area contributed by atoms with Gasteiger partial charge in [-0.1, -0.05) is 18.2 Å². The second-order valence-corrected chi connectivity index (χ2v) is 5.57. The number of benzene rings is 1. The standard InChI is InChI=1S/C16H21N7.2ClH/c1-10-21-13-14(23(10)9-5-4-8-20-16(18)19)11-6-2-3-7-12(11)22-15(13)17;;/h2-3,6-7H,4-5,8-9H2,1H3,(H2,17,22)(H4,18,19,20);2*1H. The minimum absolute atomic E-state index is 0. The van der Waals surface area contributed by atoms with Gasteiger partial charge >= 0.3 is 0 Å². The zero-order valence-corrected chi connectivity index (χ0v) is 15.6. The van der Waals surface area contributed by atoms with Gasteiger partial charge < -0.3 is 21.4 Å².